The fraction of sp³-hybridized carbons (Fsp3) is 0.389. The molecule has 1 fully saturated rings. The fourth-order valence-corrected chi connectivity index (χ4v) is 3.15. The largest absolute Gasteiger partial charge is 0.416 e. The van der Waals surface area contributed by atoms with Crippen molar-refractivity contribution in [1.82, 2.24) is 9.88 Å². The zero-order chi connectivity index (χ0) is 17.9. The van der Waals surface area contributed by atoms with Gasteiger partial charge in [-0.15, -0.1) is 0 Å². The summed E-state index contributed by atoms with van der Waals surface area (Å²) in [5, 5.41) is 0.370. The molecule has 0 saturated carbocycles. The van der Waals surface area contributed by atoms with Crippen molar-refractivity contribution < 1.29 is 13.2 Å². The highest BCUT2D eigenvalue weighted by molar-refractivity contribution is 6.31. The van der Waals surface area contributed by atoms with Gasteiger partial charge in [0.25, 0.3) is 0 Å². The Labute approximate surface area is 150 Å². The molecule has 0 amide bonds. The van der Waals surface area contributed by atoms with Crippen molar-refractivity contribution >= 4 is 17.4 Å². The van der Waals surface area contributed by atoms with E-state index >= 15 is 0 Å². The van der Waals surface area contributed by atoms with Crippen LogP contribution in [0.15, 0.2) is 36.5 Å². The van der Waals surface area contributed by atoms with Crippen molar-refractivity contribution in [1.29, 1.82) is 0 Å². The Morgan fingerprint density at radius 3 is 2.68 bits per heavy atom. The summed E-state index contributed by atoms with van der Waals surface area (Å²) in [7, 11) is 0. The number of pyridine rings is 1. The predicted molar refractivity (Wildman–Crippen MR) is 91.6 cm³/mol. The van der Waals surface area contributed by atoms with E-state index < -0.39 is 11.7 Å². The first-order chi connectivity index (χ1) is 11.9. The lowest BCUT2D eigenvalue weighted by atomic mass is 10.1. The van der Waals surface area contributed by atoms with Crippen LogP contribution in [0, 0.1) is 6.07 Å². The minimum atomic E-state index is -4.36. The standard InChI is InChI=1S/C18H18ClF3N3/c19-16-6-5-15(18(20,21)22)12-14(16)13-24-8-3-9-25(11-10-24)17-4-1-2-7-23-17/h1,4-7,12H,3,8-11,13H2. The minimum absolute atomic E-state index is 0.370. The van der Waals surface area contributed by atoms with Gasteiger partial charge in [0.2, 0.25) is 0 Å². The first-order valence-electron chi connectivity index (χ1n) is 8.08. The summed E-state index contributed by atoms with van der Waals surface area (Å²) in [5.74, 6) is 0.901. The van der Waals surface area contributed by atoms with Gasteiger partial charge >= 0.3 is 6.18 Å². The lowest BCUT2D eigenvalue weighted by Crippen LogP contribution is -2.31. The number of halogens is 4. The van der Waals surface area contributed by atoms with Gasteiger partial charge in [-0.3, -0.25) is 4.90 Å². The first kappa shape index (κ1) is 18.0. The van der Waals surface area contributed by atoms with Crippen LogP contribution in [0.5, 0.6) is 0 Å². The Hall–Kier alpha value is -1.79. The van der Waals surface area contributed by atoms with E-state index in [0.717, 1.165) is 50.6 Å². The predicted octanol–water partition coefficient (Wildman–Crippen LogP) is 4.27. The summed E-state index contributed by atoms with van der Waals surface area (Å²) in [6, 6.07) is 10.1. The highest BCUT2D eigenvalue weighted by Gasteiger charge is 2.31. The molecule has 2 heterocycles. The first-order valence-corrected chi connectivity index (χ1v) is 8.46. The normalized spacial score (nSPS) is 16.7. The maximum atomic E-state index is 12.9. The third kappa shape index (κ3) is 4.64. The Bertz CT molecular complexity index is 706. The van der Waals surface area contributed by atoms with E-state index in [1.165, 1.54) is 6.07 Å². The molecule has 25 heavy (non-hydrogen) atoms. The van der Waals surface area contributed by atoms with E-state index in [1.807, 2.05) is 12.1 Å². The molecule has 0 bridgehead atoms. The van der Waals surface area contributed by atoms with Crippen LogP contribution in [0.3, 0.4) is 0 Å². The number of hydrogen-bond donors (Lipinski definition) is 0. The van der Waals surface area contributed by atoms with Crippen LogP contribution in [0.2, 0.25) is 5.02 Å². The second kappa shape index (κ2) is 7.62. The number of benzene rings is 1. The van der Waals surface area contributed by atoms with Crippen molar-refractivity contribution in [2.45, 2.75) is 19.1 Å². The Balaban J connectivity index is 1.68. The molecule has 133 valence electrons. The van der Waals surface area contributed by atoms with Crippen LogP contribution >= 0.6 is 11.6 Å². The van der Waals surface area contributed by atoms with E-state index in [-0.39, 0.29) is 0 Å². The number of rotatable bonds is 3. The molecule has 0 spiro atoms. The van der Waals surface area contributed by atoms with E-state index in [9.17, 15) is 13.2 Å². The van der Waals surface area contributed by atoms with Crippen LogP contribution < -0.4 is 4.90 Å². The summed E-state index contributed by atoms with van der Waals surface area (Å²) in [6.07, 6.45) is -1.80. The lowest BCUT2D eigenvalue weighted by molar-refractivity contribution is -0.137. The van der Waals surface area contributed by atoms with Crippen molar-refractivity contribution in [2.24, 2.45) is 0 Å². The smallest absolute Gasteiger partial charge is 0.355 e. The van der Waals surface area contributed by atoms with Gasteiger partial charge in [0.15, 0.2) is 0 Å². The van der Waals surface area contributed by atoms with Crippen molar-refractivity contribution in [2.75, 3.05) is 31.1 Å². The van der Waals surface area contributed by atoms with Crippen LogP contribution in [-0.2, 0) is 12.7 Å². The molecule has 1 radical (unpaired) electrons. The number of aromatic nitrogens is 1. The third-order valence-corrected chi connectivity index (χ3v) is 4.65. The highest BCUT2D eigenvalue weighted by Crippen LogP contribution is 2.32. The molecule has 3 rings (SSSR count). The van der Waals surface area contributed by atoms with E-state index in [0.29, 0.717) is 17.1 Å². The zero-order valence-corrected chi connectivity index (χ0v) is 14.3. The van der Waals surface area contributed by atoms with Crippen molar-refractivity contribution in [3.8, 4) is 0 Å². The molecule has 2 aromatic rings. The van der Waals surface area contributed by atoms with Gasteiger partial charge < -0.3 is 4.90 Å². The van der Waals surface area contributed by atoms with Crippen molar-refractivity contribution in [3.63, 3.8) is 0 Å². The number of nitrogens with zero attached hydrogens (tertiary/aromatic N) is 3. The maximum Gasteiger partial charge on any atom is 0.416 e. The van der Waals surface area contributed by atoms with E-state index in [4.69, 9.17) is 11.6 Å². The van der Waals surface area contributed by atoms with Gasteiger partial charge in [-0.2, -0.15) is 13.2 Å². The summed E-state index contributed by atoms with van der Waals surface area (Å²) in [4.78, 5) is 8.63. The molecule has 1 aromatic heterocycles. The molecule has 0 aliphatic carbocycles. The Kier molecular flexibility index (Phi) is 5.49. The second-order valence-electron chi connectivity index (χ2n) is 6.04. The molecule has 1 aromatic carbocycles. The molecule has 1 aliphatic heterocycles. The summed E-state index contributed by atoms with van der Waals surface area (Å²) in [6.45, 7) is 3.60. The average Bonchev–Trinajstić information content (AvgIpc) is 2.82. The van der Waals surface area contributed by atoms with Crippen LogP contribution in [-0.4, -0.2) is 36.1 Å². The molecule has 1 aliphatic rings. The summed E-state index contributed by atoms with van der Waals surface area (Å²) < 4.78 is 38.7. The lowest BCUT2D eigenvalue weighted by Gasteiger charge is -2.23. The minimum Gasteiger partial charge on any atom is -0.355 e. The second-order valence-corrected chi connectivity index (χ2v) is 6.44. The molecular formula is C18H18ClF3N3. The average molecular weight is 369 g/mol. The van der Waals surface area contributed by atoms with Gasteiger partial charge in [0, 0.05) is 50.0 Å². The molecule has 0 atom stereocenters. The van der Waals surface area contributed by atoms with Crippen LogP contribution in [0.25, 0.3) is 0 Å². The van der Waals surface area contributed by atoms with Gasteiger partial charge in [0.1, 0.15) is 5.82 Å². The highest BCUT2D eigenvalue weighted by atomic mass is 35.5. The maximum absolute atomic E-state index is 12.9. The molecule has 7 heteroatoms. The summed E-state index contributed by atoms with van der Waals surface area (Å²) in [5.41, 5.74) is -0.148. The number of anilines is 1. The van der Waals surface area contributed by atoms with Crippen molar-refractivity contribution in [3.05, 3.63) is 58.7 Å². The number of hydrogen-bond acceptors (Lipinski definition) is 3. The summed E-state index contributed by atoms with van der Waals surface area (Å²) >= 11 is 6.11. The zero-order valence-electron chi connectivity index (χ0n) is 13.6. The SMILES string of the molecule is FC(F)(F)c1ccc(Cl)c(CN2CCCN(c3cc[c]cn3)CC2)c1. The van der Waals surface area contributed by atoms with Gasteiger partial charge in [-0.1, -0.05) is 11.6 Å². The topological polar surface area (TPSA) is 19.4 Å². The van der Waals surface area contributed by atoms with E-state index in [1.54, 1.807) is 6.20 Å². The van der Waals surface area contributed by atoms with Gasteiger partial charge in [-0.25, -0.2) is 4.98 Å². The molecule has 0 N–H and O–H groups in total. The molecule has 3 nitrogen and oxygen atoms in total. The third-order valence-electron chi connectivity index (χ3n) is 4.28. The fourth-order valence-electron chi connectivity index (χ4n) is 2.97. The van der Waals surface area contributed by atoms with E-state index in [2.05, 4.69) is 20.9 Å². The molecular weight excluding hydrogens is 351 g/mol. The Morgan fingerprint density at radius 1 is 1.12 bits per heavy atom. The van der Waals surface area contributed by atoms with Crippen LogP contribution in [0.1, 0.15) is 17.5 Å². The number of alkyl halides is 3. The van der Waals surface area contributed by atoms with Gasteiger partial charge in [-0.05, 0) is 42.3 Å². The van der Waals surface area contributed by atoms with Crippen LogP contribution in [0.4, 0.5) is 19.0 Å². The Morgan fingerprint density at radius 2 is 1.96 bits per heavy atom. The quantitative estimate of drug-likeness (QED) is 0.806. The molecule has 0 unspecified atom stereocenters. The monoisotopic (exact) mass is 368 g/mol. The van der Waals surface area contributed by atoms with Gasteiger partial charge in [0.05, 0.1) is 5.56 Å². The molecule has 1 saturated heterocycles.